The second kappa shape index (κ2) is 4.71. The minimum atomic E-state index is -0.851. The Morgan fingerprint density at radius 1 is 0.864 bits per heavy atom. The molecule has 6 nitrogen and oxygen atoms in total. The number of aliphatic hydroxyl groups excluding tert-OH is 1. The van der Waals surface area contributed by atoms with E-state index in [9.17, 15) is 15.3 Å². The van der Waals surface area contributed by atoms with E-state index < -0.39 is 12.0 Å². The summed E-state index contributed by atoms with van der Waals surface area (Å²) >= 11 is 0. The number of aliphatic hydroxyl groups is 1. The Morgan fingerprint density at radius 2 is 1.64 bits per heavy atom. The molecular weight excluding hydrogens is 288 g/mol. The summed E-state index contributed by atoms with van der Waals surface area (Å²) in [5.41, 5.74) is 1.11. The normalized spacial score (nSPS) is 22.0. The van der Waals surface area contributed by atoms with Crippen molar-refractivity contribution in [3.8, 4) is 28.7 Å². The quantitative estimate of drug-likeness (QED) is 0.747. The van der Waals surface area contributed by atoms with Crippen molar-refractivity contribution in [2.75, 3.05) is 13.4 Å². The molecule has 0 aromatic heterocycles. The van der Waals surface area contributed by atoms with Gasteiger partial charge in [0.05, 0.1) is 18.6 Å². The van der Waals surface area contributed by atoms with Crippen LogP contribution in [0.25, 0.3) is 0 Å². The number of aromatic hydroxyl groups is 2. The van der Waals surface area contributed by atoms with Gasteiger partial charge in [0.1, 0.15) is 17.2 Å². The van der Waals surface area contributed by atoms with Crippen LogP contribution in [0.15, 0.2) is 30.3 Å². The zero-order valence-electron chi connectivity index (χ0n) is 11.5. The molecule has 0 saturated heterocycles. The molecule has 3 N–H and O–H groups in total. The maximum absolute atomic E-state index is 10.6. The molecule has 0 amide bonds. The van der Waals surface area contributed by atoms with Gasteiger partial charge in [-0.05, 0) is 18.2 Å². The summed E-state index contributed by atoms with van der Waals surface area (Å²) in [6, 6.07) is 7.73. The van der Waals surface area contributed by atoms with Crippen molar-refractivity contribution in [3.05, 3.63) is 41.5 Å². The van der Waals surface area contributed by atoms with Crippen LogP contribution in [0.4, 0.5) is 0 Å². The van der Waals surface area contributed by atoms with Gasteiger partial charge in [-0.25, -0.2) is 0 Å². The van der Waals surface area contributed by atoms with E-state index in [2.05, 4.69) is 0 Å². The van der Waals surface area contributed by atoms with Crippen LogP contribution >= 0.6 is 0 Å². The Labute approximate surface area is 126 Å². The summed E-state index contributed by atoms with van der Waals surface area (Å²) in [5, 5.41) is 30.3. The zero-order valence-corrected chi connectivity index (χ0v) is 11.5. The van der Waals surface area contributed by atoms with Crippen molar-refractivity contribution in [1.82, 2.24) is 0 Å². The fraction of sp³-hybridized carbons (Fsp3) is 0.250. The number of ether oxygens (including phenoxy) is 3. The Balaban J connectivity index is 1.74. The number of hydrogen-bond donors (Lipinski definition) is 3. The molecule has 0 radical (unpaired) electrons. The van der Waals surface area contributed by atoms with Gasteiger partial charge in [0.2, 0.25) is 6.79 Å². The lowest BCUT2D eigenvalue weighted by atomic mass is 9.86. The van der Waals surface area contributed by atoms with Gasteiger partial charge >= 0.3 is 0 Å². The fourth-order valence-electron chi connectivity index (χ4n) is 2.88. The second-order valence-electron chi connectivity index (χ2n) is 5.35. The summed E-state index contributed by atoms with van der Waals surface area (Å²) in [6.07, 6.45) is -0.851. The number of fused-ring (bicyclic) bond motifs is 2. The van der Waals surface area contributed by atoms with Crippen LogP contribution in [-0.2, 0) is 0 Å². The Hall–Kier alpha value is -2.60. The van der Waals surface area contributed by atoms with Crippen molar-refractivity contribution >= 4 is 0 Å². The fourth-order valence-corrected chi connectivity index (χ4v) is 2.88. The summed E-state index contributed by atoms with van der Waals surface area (Å²) in [7, 11) is 0. The largest absolute Gasteiger partial charge is 0.508 e. The van der Waals surface area contributed by atoms with Crippen LogP contribution in [0.2, 0.25) is 0 Å². The van der Waals surface area contributed by atoms with E-state index in [1.807, 2.05) is 0 Å². The first-order valence-electron chi connectivity index (χ1n) is 6.90. The molecule has 22 heavy (non-hydrogen) atoms. The number of phenols is 2. The molecule has 114 valence electrons. The number of phenolic OH excluding ortho intramolecular Hbond substituents is 2. The van der Waals surface area contributed by atoms with Crippen molar-refractivity contribution in [3.63, 3.8) is 0 Å². The van der Waals surface area contributed by atoms with Crippen LogP contribution < -0.4 is 14.2 Å². The zero-order chi connectivity index (χ0) is 15.3. The maximum atomic E-state index is 10.6. The predicted molar refractivity (Wildman–Crippen MR) is 75.5 cm³/mol. The molecule has 6 heteroatoms. The Morgan fingerprint density at radius 3 is 2.45 bits per heavy atom. The van der Waals surface area contributed by atoms with E-state index >= 15 is 0 Å². The van der Waals surface area contributed by atoms with Gasteiger partial charge in [0, 0.05) is 23.3 Å². The third-order valence-electron chi connectivity index (χ3n) is 4.04. The van der Waals surface area contributed by atoms with Gasteiger partial charge in [0.15, 0.2) is 11.5 Å². The molecule has 2 aromatic carbocycles. The van der Waals surface area contributed by atoms with Gasteiger partial charge in [0.25, 0.3) is 0 Å². The molecule has 0 saturated carbocycles. The lowest BCUT2D eigenvalue weighted by Crippen LogP contribution is -2.24. The molecule has 0 unspecified atom stereocenters. The molecule has 4 rings (SSSR count). The van der Waals surface area contributed by atoms with Crippen LogP contribution in [0.5, 0.6) is 28.7 Å². The molecular formula is C16H14O6. The average molecular weight is 302 g/mol. The lowest BCUT2D eigenvalue weighted by molar-refractivity contribution is 0.0875. The second-order valence-corrected chi connectivity index (χ2v) is 5.35. The molecule has 0 bridgehead atoms. The van der Waals surface area contributed by atoms with E-state index in [1.54, 1.807) is 12.1 Å². The van der Waals surface area contributed by atoms with Gasteiger partial charge in [-0.15, -0.1) is 0 Å². The molecule has 0 aliphatic carbocycles. The smallest absolute Gasteiger partial charge is 0.231 e. The standard InChI is InChI=1S/C16H14O6/c17-8-1-2-9-13(3-8)20-6-11(16(9)19)10-4-14-15(5-12(10)18)22-7-21-14/h1-5,11,16-19H,6-7H2/t11-,16-/m0/s1. The van der Waals surface area contributed by atoms with Crippen LogP contribution in [0.3, 0.4) is 0 Å². The molecule has 2 aliphatic rings. The average Bonchev–Trinajstić information content (AvgIpc) is 2.94. The van der Waals surface area contributed by atoms with Crippen LogP contribution in [-0.4, -0.2) is 28.7 Å². The molecule has 0 spiro atoms. The Kier molecular flexibility index (Phi) is 2.80. The molecule has 0 fully saturated rings. The van der Waals surface area contributed by atoms with Crippen molar-refractivity contribution in [2.24, 2.45) is 0 Å². The van der Waals surface area contributed by atoms with Gasteiger partial charge < -0.3 is 29.5 Å². The minimum Gasteiger partial charge on any atom is -0.508 e. The summed E-state index contributed by atoms with van der Waals surface area (Å²) < 4.78 is 16.1. The van der Waals surface area contributed by atoms with E-state index in [1.165, 1.54) is 18.2 Å². The summed E-state index contributed by atoms with van der Waals surface area (Å²) in [6.45, 7) is 0.300. The topological polar surface area (TPSA) is 88.4 Å². The number of hydrogen-bond acceptors (Lipinski definition) is 6. The van der Waals surface area contributed by atoms with Crippen LogP contribution in [0, 0.1) is 0 Å². The molecule has 2 heterocycles. The Bertz CT molecular complexity index is 742. The molecule has 2 aromatic rings. The van der Waals surface area contributed by atoms with Gasteiger partial charge in [-0.1, -0.05) is 0 Å². The van der Waals surface area contributed by atoms with Crippen molar-refractivity contribution in [2.45, 2.75) is 12.0 Å². The van der Waals surface area contributed by atoms with E-state index in [0.29, 0.717) is 28.4 Å². The highest BCUT2D eigenvalue weighted by atomic mass is 16.7. The van der Waals surface area contributed by atoms with Gasteiger partial charge in [-0.2, -0.15) is 0 Å². The lowest BCUT2D eigenvalue weighted by Gasteiger charge is -2.31. The van der Waals surface area contributed by atoms with Crippen molar-refractivity contribution < 1.29 is 29.5 Å². The summed E-state index contributed by atoms with van der Waals surface area (Å²) in [5.74, 6) is 1.14. The highest BCUT2D eigenvalue weighted by Gasteiger charge is 2.33. The number of benzene rings is 2. The summed E-state index contributed by atoms with van der Waals surface area (Å²) in [4.78, 5) is 0. The first kappa shape index (κ1) is 13.1. The monoisotopic (exact) mass is 302 g/mol. The predicted octanol–water partition coefficient (Wildman–Crippen LogP) is 2.04. The van der Waals surface area contributed by atoms with E-state index in [4.69, 9.17) is 14.2 Å². The van der Waals surface area contributed by atoms with Gasteiger partial charge in [-0.3, -0.25) is 0 Å². The first-order chi connectivity index (χ1) is 10.6. The minimum absolute atomic E-state index is 0.0270. The highest BCUT2D eigenvalue weighted by molar-refractivity contribution is 5.54. The maximum Gasteiger partial charge on any atom is 0.231 e. The molecule has 2 atom stereocenters. The third kappa shape index (κ3) is 1.92. The third-order valence-corrected chi connectivity index (χ3v) is 4.04. The van der Waals surface area contributed by atoms with Crippen LogP contribution in [0.1, 0.15) is 23.1 Å². The van der Waals surface area contributed by atoms with E-state index in [0.717, 1.165) is 0 Å². The first-order valence-corrected chi connectivity index (χ1v) is 6.90. The van der Waals surface area contributed by atoms with E-state index in [-0.39, 0.29) is 24.9 Å². The SMILES string of the molecule is Oc1ccc2c(c1)OC[C@@H](c1cc3c(cc1O)OCO3)[C@H]2O. The number of rotatable bonds is 1. The highest BCUT2D eigenvalue weighted by Crippen LogP contribution is 2.47. The molecule has 2 aliphatic heterocycles. The van der Waals surface area contributed by atoms with Crippen molar-refractivity contribution in [1.29, 1.82) is 0 Å².